The maximum Gasteiger partial charge on any atom is 0.573 e. The number of hydrogen-bond acceptors (Lipinski definition) is 3. The Hall–Kier alpha value is -1.73. The van der Waals surface area contributed by atoms with Crippen LogP contribution in [0.4, 0.5) is 13.2 Å². The van der Waals surface area contributed by atoms with Crippen molar-refractivity contribution in [1.82, 2.24) is 0 Å². The molecule has 112 valence electrons. The van der Waals surface area contributed by atoms with Crippen LogP contribution in [0.3, 0.4) is 0 Å². The number of alkyl halides is 3. The van der Waals surface area contributed by atoms with Crippen molar-refractivity contribution in [3.05, 3.63) is 52.5 Å². The van der Waals surface area contributed by atoms with Crippen LogP contribution in [-0.4, -0.2) is 6.36 Å². The molecular formula is C14H11BrF3NO2. The monoisotopic (exact) mass is 361 g/mol. The third-order valence-corrected chi connectivity index (χ3v) is 3.15. The Balaban J connectivity index is 2.27. The van der Waals surface area contributed by atoms with E-state index in [1.807, 2.05) is 0 Å². The van der Waals surface area contributed by atoms with Crippen LogP contribution in [0.5, 0.6) is 17.2 Å². The van der Waals surface area contributed by atoms with Crippen LogP contribution in [0, 0.1) is 0 Å². The molecule has 0 fully saturated rings. The van der Waals surface area contributed by atoms with Gasteiger partial charge in [-0.1, -0.05) is 18.2 Å². The molecule has 21 heavy (non-hydrogen) atoms. The fourth-order valence-corrected chi connectivity index (χ4v) is 2.12. The summed E-state index contributed by atoms with van der Waals surface area (Å²) in [4.78, 5) is 0. The second-order valence-electron chi connectivity index (χ2n) is 4.07. The van der Waals surface area contributed by atoms with E-state index in [1.165, 1.54) is 18.2 Å². The molecule has 0 unspecified atom stereocenters. The Bertz CT molecular complexity index is 632. The van der Waals surface area contributed by atoms with Crippen molar-refractivity contribution in [2.45, 2.75) is 12.9 Å². The van der Waals surface area contributed by atoms with E-state index in [1.54, 1.807) is 24.3 Å². The van der Waals surface area contributed by atoms with E-state index >= 15 is 0 Å². The first-order valence-electron chi connectivity index (χ1n) is 5.90. The van der Waals surface area contributed by atoms with Crippen LogP contribution in [0.25, 0.3) is 0 Å². The van der Waals surface area contributed by atoms with E-state index in [0.717, 1.165) is 5.56 Å². The second-order valence-corrected chi connectivity index (χ2v) is 4.92. The topological polar surface area (TPSA) is 44.5 Å². The molecule has 2 aromatic carbocycles. The average Bonchev–Trinajstić information content (AvgIpc) is 2.41. The van der Waals surface area contributed by atoms with Gasteiger partial charge in [0.25, 0.3) is 0 Å². The maximum atomic E-state index is 12.3. The molecule has 0 aromatic heterocycles. The fraction of sp³-hybridized carbons (Fsp3) is 0.143. The van der Waals surface area contributed by atoms with E-state index < -0.39 is 12.1 Å². The smallest absolute Gasteiger partial charge is 0.452 e. The zero-order valence-corrected chi connectivity index (χ0v) is 12.2. The molecule has 7 heteroatoms. The molecule has 0 bridgehead atoms. The zero-order valence-electron chi connectivity index (χ0n) is 10.7. The van der Waals surface area contributed by atoms with Gasteiger partial charge in [0, 0.05) is 6.54 Å². The van der Waals surface area contributed by atoms with Gasteiger partial charge < -0.3 is 15.2 Å². The highest BCUT2D eigenvalue weighted by molar-refractivity contribution is 9.10. The molecule has 2 N–H and O–H groups in total. The van der Waals surface area contributed by atoms with Gasteiger partial charge in [-0.25, -0.2) is 0 Å². The number of benzene rings is 2. The molecule has 0 aliphatic carbocycles. The highest BCUT2D eigenvalue weighted by atomic mass is 79.9. The Kier molecular flexibility index (Phi) is 4.74. The third-order valence-electron chi connectivity index (χ3n) is 2.53. The van der Waals surface area contributed by atoms with Gasteiger partial charge in [0.2, 0.25) is 0 Å². The zero-order chi connectivity index (χ0) is 15.5. The van der Waals surface area contributed by atoms with Crippen LogP contribution in [-0.2, 0) is 6.54 Å². The lowest BCUT2D eigenvalue weighted by molar-refractivity contribution is -0.275. The number of nitrogens with two attached hydrogens (primary N) is 1. The summed E-state index contributed by atoms with van der Waals surface area (Å²) in [6, 6.07) is 10.7. The highest BCUT2D eigenvalue weighted by Crippen LogP contribution is 2.37. The van der Waals surface area contributed by atoms with Crippen molar-refractivity contribution in [2.24, 2.45) is 5.73 Å². The van der Waals surface area contributed by atoms with Gasteiger partial charge in [0.15, 0.2) is 11.5 Å². The van der Waals surface area contributed by atoms with Crippen molar-refractivity contribution < 1.29 is 22.6 Å². The summed E-state index contributed by atoms with van der Waals surface area (Å²) in [5.74, 6) is -0.0683. The summed E-state index contributed by atoms with van der Waals surface area (Å²) in [6.07, 6.45) is -4.78. The van der Waals surface area contributed by atoms with Gasteiger partial charge in [-0.3, -0.25) is 0 Å². The SMILES string of the molecule is NCc1ccc(Oc2ccccc2OC(F)(F)F)c(Br)c1. The van der Waals surface area contributed by atoms with Crippen molar-refractivity contribution in [3.63, 3.8) is 0 Å². The molecule has 0 saturated carbocycles. The van der Waals surface area contributed by atoms with Gasteiger partial charge in [-0.2, -0.15) is 0 Å². The summed E-state index contributed by atoms with van der Waals surface area (Å²) in [7, 11) is 0. The van der Waals surface area contributed by atoms with E-state index in [4.69, 9.17) is 10.5 Å². The Morgan fingerprint density at radius 3 is 2.24 bits per heavy atom. The number of ether oxygens (including phenoxy) is 2. The first-order valence-corrected chi connectivity index (χ1v) is 6.69. The van der Waals surface area contributed by atoms with Gasteiger partial charge in [0.05, 0.1) is 4.47 Å². The number of rotatable bonds is 4. The van der Waals surface area contributed by atoms with E-state index in [2.05, 4.69) is 20.7 Å². The average molecular weight is 362 g/mol. The highest BCUT2D eigenvalue weighted by Gasteiger charge is 2.32. The molecule has 0 aliphatic heterocycles. The largest absolute Gasteiger partial charge is 0.573 e. The van der Waals surface area contributed by atoms with Gasteiger partial charge >= 0.3 is 6.36 Å². The summed E-state index contributed by atoms with van der Waals surface area (Å²) >= 11 is 3.29. The summed E-state index contributed by atoms with van der Waals surface area (Å²) in [5, 5.41) is 0. The third kappa shape index (κ3) is 4.37. The first-order chi connectivity index (χ1) is 9.89. The lowest BCUT2D eigenvalue weighted by atomic mass is 10.2. The van der Waals surface area contributed by atoms with Gasteiger partial charge in [-0.05, 0) is 45.8 Å². The summed E-state index contributed by atoms with van der Waals surface area (Å²) in [5.41, 5.74) is 6.38. The van der Waals surface area contributed by atoms with Crippen molar-refractivity contribution >= 4 is 15.9 Å². The molecular weight excluding hydrogens is 351 g/mol. The van der Waals surface area contributed by atoms with Crippen molar-refractivity contribution in [3.8, 4) is 17.2 Å². The van der Waals surface area contributed by atoms with Crippen molar-refractivity contribution in [1.29, 1.82) is 0 Å². The predicted octanol–water partition coefficient (Wildman–Crippen LogP) is 4.60. The van der Waals surface area contributed by atoms with E-state index in [9.17, 15) is 13.2 Å². The molecule has 0 atom stereocenters. The summed E-state index contributed by atoms with van der Waals surface area (Å²) < 4.78 is 47.0. The quantitative estimate of drug-likeness (QED) is 0.865. The van der Waals surface area contributed by atoms with Crippen LogP contribution < -0.4 is 15.2 Å². The Labute approximate surface area is 127 Å². The molecule has 0 radical (unpaired) electrons. The minimum atomic E-state index is -4.78. The van der Waals surface area contributed by atoms with Gasteiger partial charge in [0.1, 0.15) is 5.75 Å². The lowest BCUT2D eigenvalue weighted by Crippen LogP contribution is -2.17. The summed E-state index contributed by atoms with van der Waals surface area (Å²) in [6.45, 7) is 0.354. The second kappa shape index (κ2) is 6.36. The molecule has 2 aromatic rings. The molecule has 2 rings (SSSR count). The molecule has 0 saturated heterocycles. The van der Waals surface area contributed by atoms with Gasteiger partial charge in [-0.15, -0.1) is 13.2 Å². The molecule has 0 aliphatic rings. The lowest BCUT2D eigenvalue weighted by Gasteiger charge is -2.14. The van der Waals surface area contributed by atoms with E-state index in [0.29, 0.717) is 16.8 Å². The van der Waals surface area contributed by atoms with Crippen LogP contribution >= 0.6 is 15.9 Å². The molecule has 0 heterocycles. The Morgan fingerprint density at radius 1 is 1.00 bits per heavy atom. The minimum absolute atomic E-state index is 0.0315. The number of halogens is 4. The molecule has 0 spiro atoms. The minimum Gasteiger partial charge on any atom is -0.452 e. The number of para-hydroxylation sites is 2. The molecule has 0 amide bonds. The van der Waals surface area contributed by atoms with Crippen molar-refractivity contribution in [2.75, 3.05) is 0 Å². The van der Waals surface area contributed by atoms with E-state index in [-0.39, 0.29) is 5.75 Å². The van der Waals surface area contributed by atoms with Crippen LogP contribution in [0.2, 0.25) is 0 Å². The first kappa shape index (κ1) is 15.7. The number of hydrogen-bond donors (Lipinski definition) is 1. The fourth-order valence-electron chi connectivity index (χ4n) is 1.62. The standard InChI is InChI=1S/C14H11BrF3NO2/c15-10-7-9(8-19)5-6-11(10)20-12-3-1-2-4-13(12)21-14(16,17)18/h1-7H,8,19H2. The predicted molar refractivity (Wildman–Crippen MR) is 75.2 cm³/mol. The maximum absolute atomic E-state index is 12.3. The molecule has 3 nitrogen and oxygen atoms in total. The normalized spacial score (nSPS) is 11.3. The van der Waals surface area contributed by atoms with Crippen LogP contribution in [0.1, 0.15) is 5.56 Å². The Morgan fingerprint density at radius 2 is 1.67 bits per heavy atom. The van der Waals surface area contributed by atoms with Crippen LogP contribution in [0.15, 0.2) is 46.9 Å².